The van der Waals surface area contributed by atoms with Crippen molar-refractivity contribution in [3.8, 4) is 11.3 Å². The minimum Gasteiger partial charge on any atom is -0.441 e. The smallest absolute Gasteiger partial charge is 0.410 e. The van der Waals surface area contributed by atoms with Gasteiger partial charge in [0.1, 0.15) is 22.6 Å². The Kier molecular flexibility index (Phi) is 5.20. The zero-order valence-electron chi connectivity index (χ0n) is 18.0. The predicted molar refractivity (Wildman–Crippen MR) is 115 cm³/mol. The number of nitrogens with zero attached hydrogens (tertiary/aromatic N) is 3. The third kappa shape index (κ3) is 3.70. The van der Waals surface area contributed by atoms with E-state index in [-0.39, 0.29) is 23.6 Å². The first kappa shape index (κ1) is 20.1. The maximum absolute atomic E-state index is 13.3. The number of hydrogen-bond donors (Lipinski definition) is 0. The number of rotatable bonds is 3. The molecule has 2 saturated heterocycles. The molecule has 0 N–H and O–H groups in total. The molecule has 1 aliphatic carbocycles. The zero-order chi connectivity index (χ0) is 21.4. The highest BCUT2D eigenvalue weighted by molar-refractivity contribution is 6.00. The molecule has 1 aromatic heterocycles. The van der Waals surface area contributed by atoms with Gasteiger partial charge in [-0.15, -0.1) is 0 Å². The third-order valence-electron chi connectivity index (χ3n) is 7.08. The summed E-state index contributed by atoms with van der Waals surface area (Å²) in [7, 11) is 0. The lowest BCUT2D eigenvalue weighted by Crippen LogP contribution is -2.48. The Bertz CT molecular complexity index is 956. The normalized spacial score (nSPS) is 21.5. The molecule has 7 heteroatoms. The Balaban J connectivity index is 1.26. The van der Waals surface area contributed by atoms with Crippen LogP contribution in [0.5, 0.6) is 0 Å². The highest BCUT2D eigenvalue weighted by Gasteiger charge is 2.48. The molecule has 0 unspecified atom stereocenters. The van der Waals surface area contributed by atoms with Crippen LogP contribution in [0, 0.1) is 6.92 Å². The van der Waals surface area contributed by atoms with Gasteiger partial charge >= 0.3 is 6.09 Å². The van der Waals surface area contributed by atoms with Crippen molar-refractivity contribution in [3.63, 3.8) is 0 Å². The highest BCUT2D eigenvalue weighted by atomic mass is 16.6. The summed E-state index contributed by atoms with van der Waals surface area (Å²) in [5.74, 6) is 0.483. The van der Waals surface area contributed by atoms with Crippen LogP contribution in [-0.2, 0) is 4.74 Å². The number of aromatic nitrogens is 1. The van der Waals surface area contributed by atoms with Gasteiger partial charge in [0.15, 0.2) is 0 Å². The van der Waals surface area contributed by atoms with Crippen molar-refractivity contribution in [1.82, 2.24) is 15.0 Å². The first-order chi connectivity index (χ1) is 15.1. The number of hydrogen-bond acceptors (Lipinski definition) is 5. The SMILES string of the molecule is Cc1onc(-c2ccccc2)c1C(=O)N1CCC(N2CC3(CCCCC3)OC2=O)CC1. The van der Waals surface area contributed by atoms with Crippen LogP contribution in [0.2, 0.25) is 0 Å². The lowest BCUT2D eigenvalue weighted by atomic mass is 9.84. The third-order valence-corrected chi connectivity index (χ3v) is 7.08. The van der Waals surface area contributed by atoms with E-state index in [1.807, 2.05) is 40.1 Å². The quantitative estimate of drug-likeness (QED) is 0.731. The Hall–Kier alpha value is -2.83. The number of ether oxygens (including phenoxy) is 1. The molecule has 31 heavy (non-hydrogen) atoms. The number of aryl methyl sites for hydroxylation is 1. The van der Waals surface area contributed by atoms with E-state index in [1.165, 1.54) is 6.42 Å². The summed E-state index contributed by atoms with van der Waals surface area (Å²) >= 11 is 0. The second-order valence-corrected chi connectivity index (χ2v) is 9.09. The first-order valence-electron chi connectivity index (χ1n) is 11.4. The minimum atomic E-state index is -0.271. The maximum atomic E-state index is 13.3. The molecule has 7 nitrogen and oxygen atoms in total. The molecule has 0 radical (unpaired) electrons. The molecule has 1 spiro atoms. The van der Waals surface area contributed by atoms with Crippen LogP contribution >= 0.6 is 0 Å². The first-order valence-corrected chi connectivity index (χ1v) is 11.4. The van der Waals surface area contributed by atoms with Crippen molar-refractivity contribution >= 4 is 12.0 Å². The van der Waals surface area contributed by atoms with Crippen LogP contribution in [0.25, 0.3) is 11.3 Å². The Morgan fingerprint density at radius 1 is 1.10 bits per heavy atom. The van der Waals surface area contributed by atoms with Crippen LogP contribution in [0.15, 0.2) is 34.9 Å². The fourth-order valence-corrected chi connectivity index (χ4v) is 5.34. The van der Waals surface area contributed by atoms with Crippen LogP contribution in [0.4, 0.5) is 4.79 Å². The molecular formula is C24H29N3O4. The van der Waals surface area contributed by atoms with E-state index >= 15 is 0 Å². The van der Waals surface area contributed by atoms with E-state index in [4.69, 9.17) is 9.26 Å². The van der Waals surface area contributed by atoms with Gasteiger partial charge in [0.05, 0.1) is 6.54 Å². The number of carbonyl (C=O) groups is 2. The lowest BCUT2D eigenvalue weighted by Gasteiger charge is -2.36. The summed E-state index contributed by atoms with van der Waals surface area (Å²) in [5, 5.41) is 4.15. The molecule has 164 valence electrons. The number of piperidine rings is 1. The minimum absolute atomic E-state index is 0.0520. The monoisotopic (exact) mass is 423 g/mol. The fraction of sp³-hybridized carbons (Fsp3) is 0.542. The molecule has 3 fully saturated rings. The van der Waals surface area contributed by atoms with Crippen LogP contribution in [0.3, 0.4) is 0 Å². The molecule has 2 aromatic rings. The lowest BCUT2D eigenvalue weighted by molar-refractivity contribution is 0.0259. The standard InChI is InChI=1S/C24H29N3O4/c1-17-20(21(25-31-17)18-8-4-2-5-9-18)22(28)26-14-10-19(11-15-26)27-16-24(30-23(27)29)12-6-3-7-13-24/h2,4-5,8-9,19H,3,6-7,10-16H2,1H3. The predicted octanol–water partition coefficient (Wildman–Crippen LogP) is 4.41. The average Bonchev–Trinajstić information content (AvgIpc) is 3.34. The van der Waals surface area contributed by atoms with Gasteiger partial charge in [0.2, 0.25) is 0 Å². The average molecular weight is 424 g/mol. The van der Waals surface area contributed by atoms with Crippen LogP contribution in [-0.4, -0.2) is 58.2 Å². The molecule has 5 rings (SSSR count). The Labute approximate surface area is 182 Å². The topological polar surface area (TPSA) is 75.9 Å². The summed E-state index contributed by atoms with van der Waals surface area (Å²) in [6.07, 6.45) is 6.80. The second kappa shape index (κ2) is 8.02. The number of amides is 2. The Morgan fingerprint density at radius 3 is 2.52 bits per heavy atom. The van der Waals surface area contributed by atoms with E-state index in [0.29, 0.717) is 36.7 Å². The van der Waals surface area contributed by atoms with Crippen LogP contribution < -0.4 is 0 Å². The van der Waals surface area contributed by atoms with E-state index in [1.54, 1.807) is 6.92 Å². The highest BCUT2D eigenvalue weighted by Crippen LogP contribution is 2.39. The van der Waals surface area contributed by atoms with Gasteiger partial charge in [-0.25, -0.2) is 4.79 Å². The molecule has 0 bridgehead atoms. The maximum Gasteiger partial charge on any atom is 0.410 e. The van der Waals surface area contributed by atoms with E-state index in [2.05, 4.69) is 5.16 Å². The summed E-state index contributed by atoms with van der Waals surface area (Å²) < 4.78 is 11.2. The van der Waals surface area contributed by atoms with Crippen molar-refractivity contribution in [2.24, 2.45) is 0 Å². The van der Waals surface area contributed by atoms with Gasteiger partial charge in [-0.3, -0.25) is 4.79 Å². The number of likely N-dealkylation sites (tertiary alicyclic amines) is 1. The molecule has 0 atom stereocenters. The van der Waals surface area contributed by atoms with E-state index < -0.39 is 0 Å². The van der Waals surface area contributed by atoms with E-state index in [9.17, 15) is 9.59 Å². The molecule has 1 saturated carbocycles. The van der Waals surface area contributed by atoms with Crippen LogP contribution in [0.1, 0.15) is 61.1 Å². The van der Waals surface area contributed by atoms with Gasteiger partial charge in [-0.1, -0.05) is 41.9 Å². The summed E-state index contributed by atoms with van der Waals surface area (Å²) in [4.78, 5) is 29.7. The fourth-order valence-electron chi connectivity index (χ4n) is 5.34. The molecule has 3 heterocycles. The molecule has 2 aliphatic heterocycles. The van der Waals surface area contributed by atoms with Crippen molar-refractivity contribution < 1.29 is 18.8 Å². The number of benzene rings is 1. The van der Waals surface area contributed by atoms with Gasteiger partial charge in [0, 0.05) is 24.7 Å². The number of carbonyl (C=O) groups excluding carboxylic acids is 2. The largest absolute Gasteiger partial charge is 0.441 e. The molecule has 3 aliphatic rings. The molecular weight excluding hydrogens is 394 g/mol. The van der Waals surface area contributed by atoms with Gasteiger partial charge in [-0.2, -0.15) is 0 Å². The van der Waals surface area contributed by atoms with Gasteiger partial charge in [-0.05, 0) is 45.4 Å². The van der Waals surface area contributed by atoms with Crippen molar-refractivity contribution in [1.29, 1.82) is 0 Å². The summed E-state index contributed by atoms with van der Waals surface area (Å²) in [6.45, 7) is 3.70. The van der Waals surface area contributed by atoms with Gasteiger partial charge in [0.25, 0.3) is 5.91 Å². The van der Waals surface area contributed by atoms with Crippen molar-refractivity contribution in [3.05, 3.63) is 41.7 Å². The zero-order valence-corrected chi connectivity index (χ0v) is 18.0. The van der Waals surface area contributed by atoms with Crippen molar-refractivity contribution in [2.45, 2.75) is 63.5 Å². The van der Waals surface area contributed by atoms with E-state index in [0.717, 1.165) is 44.1 Å². The molecule has 2 amide bonds. The second-order valence-electron chi connectivity index (χ2n) is 9.09. The summed E-state index contributed by atoms with van der Waals surface area (Å²) in [5.41, 5.74) is 1.72. The Morgan fingerprint density at radius 2 is 1.81 bits per heavy atom. The summed E-state index contributed by atoms with van der Waals surface area (Å²) in [6, 6.07) is 9.78. The van der Waals surface area contributed by atoms with Crippen molar-refractivity contribution in [2.75, 3.05) is 19.6 Å². The molecule has 1 aromatic carbocycles. The van der Waals surface area contributed by atoms with Gasteiger partial charge < -0.3 is 19.1 Å².